The van der Waals surface area contributed by atoms with Crippen molar-refractivity contribution in [3.8, 4) is 11.3 Å². The number of amides is 1. The van der Waals surface area contributed by atoms with Gasteiger partial charge in [0, 0.05) is 11.6 Å². The molecule has 138 valence electrons. The van der Waals surface area contributed by atoms with Crippen LogP contribution in [0.4, 0.5) is 0 Å². The van der Waals surface area contributed by atoms with Gasteiger partial charge in [-0.05, 0) is 36.5 Å². The number of nitrogens with zero attached hydrogens (tertiary/aromatic N) is 1. The Morgan fingerprint density at radius 3 is 2.73 bits per heavy atom. The van der Waals surface area contributed by atoms with Gasteiger partial charge in [-0.3, -0.25) is 20.7 Å². The molecule has 0 saturated heterocycles. The number of aromatic nitrogens is 2. The largest absolute Gasteiger partial charge is 0.358 e. The molecule has 6 nitrogen and oxygen atoms in total. The van der Waals surface area contributed by atoms with Crippen LogP contribution in [-0.4, -0.2) is 27.3 Å². The molecule has 0 bridgehead atoms. The molecule has 7 heteroatoms. The number of rotatable bonds is 3. The molecule has 1 aliphatic carbocycles. The van der Waals surface area contributed by atoms with Crippen molar-refractivity contribution < 1.29 is 4.79 Å². The van der Waals surface area contributed by atoms with E-state index in [0.29, 0.717) is 28.7 Å². The lowest BCUT2D eigenvalue weighted by Crippen LogP contribution is -2.52. The van der Waals surface area contributed by atoms with E-state index < -0.39 is 0 Å². The maximum Gasteiger partial charge on any atom is 0.287 e. The lowest BCUT2D eigenvalue weighted by Gasteiger charge is -2.35. The number of H-pyrrole nitrogens is 1. The Bertz CT molecular complexity index is 760. The van der Waals surface area contributed by atoms with Crippen molar-refractivity contribution in [1.82, 2.24) is 26.4 Å². The predicted octanol–water partition coefficient (Wildman–Crippen LogP) is 3.01. The van der Waals surface area contributed by atoms with Gasteiger partial charge in [0.1, 0.15) is 5.69 Å². The van der Waals surface area contributed by atoms with E-state index in [1.165, 1.54) is 12.8 Å². The lowest BCUT2D eigenvalue weighted by atomic mass is 9.78. The van der Waals surface area contributed by atoms with Crippen LogP contribution in [0.2, 0.25) is 0 Å². The van der Waals surface area contributed by atoms with E-state index in [4.69, 9.17) is 12.2 Å². The molecule has 3 atom stereocenters. The fourth-order valence-electron chi connectivity index (χ4n) is 3.37. The van der Waals surface area contributed by atoms with Gasteiger partial charge in [0.25, 0.3) is 5.91 Å². The highest BCUT2D eigenvalue weighted by molar-refractivity contribution is 7.80. The van der Waals surface area contributed by atoms with Crippen LogP contribution < -0.4 is 16.2 Å². The first-order valence-corrected chi connectivity index (χ1v) is 9.43. The van der Waals surface area contributed by atoms with Crippen molar-refractivity contribution in [1.29, 1.82) is 0 Å². The maximum absolute atomic E-state index is 12.3. The van der Waals surface area contributed by atoms with Crippen molar-refractivity contribution >= 4 is 23.2 Å². The number of carbonyl (C=O) groups excluding carboxylic acids is 1. The number of thiocarbonyl (C=S) groups is 1. The van der Waals surface area contributed by atoms with Gasteiger partial charge in [-0.2, -0.15) is 5.10 Å². The number of aromatic amines is 1. The summed E-state index contributed by atoms with van der Waals surface area (Å²) in [4.78, 5) is 12.3. The van der Waals surface area contributed by atoms with E-state index in [1.807, 2.05) is 30.3 Å². The zero-order valence-electron chi connectivity index (χ0n) is 15.1. The van der Waals surface area contributed by atoms with Crippen LogP contribution in [-0.2, 0) is 0 Å². The Labute approximate surface area is 159 Å². The van der Waals surface area contributed by atoms with E-state index >= 15 is 0 Å². The second-order valence-corrected chi connectivity index (χ2v) is 7.37. The molecular formula is C19H25N5OS. The summed E-state index contributed by atoms with van der Waals surface area (Å²) < 4.78 is 0. The zero-order chi connectivity index (χ0) is 18.5. The van der Waals surface area contributed by atoms with E-state index in [1.54, 1.807) is 6.07 Å². The van der Waals surface area contributed by atoms with Crippen LogP contribution >= 0.6 is 12.2 Å². The first-order valence-electron chi connectivity index (χ1n) is 9.02. The minimum absolute atomic E-state index is 0.311. The molecule has 0 aliphatic heterocycles. The number of nitrogens with one attached hydrogen (secondary N) is 4. The number of carbonyl (C=O) groups is 1. The van der Waals surface area contributed by atoms with Crippen LogP contribution in [0.25, 0.3) is 11.3 Å². The van der Waals surface area contributed by atoms with E-state index in [0.717, 1.165) is 17.7 Å². The summed E-state index contributed by atoms with van der Waals surface area (Å²) >= 11 is 5.31. The Kier molecular flexibility index (Phi) is 5.88. The van der Waals surface area contributed by atoms with Crippen molar-refractivity contribution in [2.75, 3.05) is 0 Å². The summed E-state index contributed by atoms with van der Waals surface area (Å²) in [6, 6.07) is 11.8. The smallest absolute Gasteiger partial charge is 0.287 e. The molecule has 1 amide bonds. The summed E-state index contributed by atoms with van der Waals surface area (Å²) in [6.07, 6.45) is 3.57. The molecule has 1 aliphatic rings. The van der Waals surface area contributed by atoms with Crippen LogP contribution in [0.15, 0.2) is 36.4 Å². The minimum atomic E-state index is -0.311. The molecule has 1 aromatic heterocycles. The van der Waals surface area contributed by atoms with Gasteiger partial charge in [-0.1, -0.05) is 57.0 Å². The summed E-state index contributed by atoms with van der Waals surface area (Å²) in [5, 5.41) is 10.7. The number of hydrazine groups is 1. The first-order chi connectivity index (χ1) is 12.5. The Morgan fingerprint density at radius 2 is 1.96 bits per heavy atom. The number of benzene rings is 1. The van der Waals surface area contributed by atoms with Gasteiger partial charge in [0.15, 0.2) is 5.11 Å². The van der Waals surface area contributed by atoms with Crippen molar-refractivity contribution in [2.45, 2.75) is 39.2 Å². The highest BCUT2D eigenvalue weighted by atomic mass is 32.1. The van der Waals surface area contributed by atoms with E-state index in [-0.39, 0.29) is 5.91 Å². The quantitative estimate of drug-likeness (QED) is 0.493. The Hall–Kier alpha value is -2.41. The molecule has 0 unspecified atom stereocenters. The summed E-state index contributed by atoms with van der Waals surface area (Å²) in [7, 11) is 0. The van der Waals surface area contributed by atoms with Gasteiger partial charge in [0.05, 0.1) is 5.69 Å². The summed E-state index contributed by atoms with van der Waals surface area (Å²) in [5.41, 5.74) is 7.45. The SMILES string of the molecule is C[C@@H]1[C@H](C)CCC[C@@H]1NC(=S)NNC(=O)c1cc(-c2ccccc2)n[nH]1. The second kappa shape index (κ2) is 8.31. The van der Waals surface area contributed by atoms with E-state index in [9.17, 15) is 4.79 Å². The highest BCUT2D eigenvalue weighted by Gasteiger charge is 2.27. The monoisotopic (exact) mass is 371 g/mol. The summed E-state index contributed by atoms with van der Waals surface area (Å²) in [5.74, 6) is 0.925. The second-order valence-electron chi connectivity index (χ2n) is 6.96. The summed E-state index contributed by atoms with van der Waals surface area (Å²) in [6.45, 7) is 4.53. The van der Waals surface area contributed by atoms with Crippen LogP contribution in [0, 0.1) is 11.8 Å². The molecule has 1 aromatic carbocycles. The van der Waals surface area contributed by atoms with Crippen molar-refractivity contribution in [3.05, 3.63) is 42.1 Å². The van der Waals surface area contributed by atoms with Gasteiger partial charge < -0.3 is 5.32 Å². The lowest BCUT2D eigenvalue weighted by molar-refractivity contribution is 0.0938. The van der Waals surface area contributed by atoms with Gasteiger partial charge in [-0.15, -0.1) is 0 Å². The van der Waals surface area contributed by atoms with Crippen molar-refractivity contribution in [2.24, 2.45) is 11.8 Å². The topological polar surface area (TPSA) is 81.8 Å². The number of hydrogen-bond acceptors (Lipinski definition) is 3. The molecule has 0 spiro atoms. The van der Waals surface area contributed by atoms with Crippen LogP contribution in [0.3, 0.4) is 0 Å². The third kappa shape index (κ3) is 4.40. The Morgan fingerprint density at radius 1 is 1.19 bits per heavy atom. The molecule has 1 saturated carbocycles. The molecule has 2 aromatic rings. The average molecular weight is 372 g/mol. The third-order valence-electron chi connectivity index (χ3n) is 5.20. The zero-order valence-corrected chi connectivity index (χ0v) is 15.9. The minimum Gasteiger partial charge on any atom is -0.358 e. The fraction of sp³-hybridized carbons (Fsp3) is 0.421. The normalized spacial score (nSPS) is 22.5. The molecule has 26 heavy (non-hydrogen) atoms. The molecule has 1 fully saturated rings. The molecular weight excluding hydrogens is 346 g/mol. The van der Waals surface area contributed by atoms with Gasteiger partial charge >= 0.3 is 0 Å². The third-order valence-corrected chi connectivity index (χ3v) is 5.42. The van der Waals surface area contributed by atoms with Crippen LogP contribution in [0.5, 0.6) is 0 Å². The maximum atomic E-state index is 12.3. The van der Waals surface area contributed by atoms with Crippen molar-refractivity contribution in [3.63, 3.8) is 0 Å². The van der Waals surface area contributed by atoms with Crippen LogP contribution in [0.1, 0.15) is 43.6 Å². The molecule has 4 N–H and O–H groups in total. The number of hydrogen-bond donors (Lipinski definition) is 4. The fourth-order valence-corrected chi connectivity index (χ4v) is 3.57. The van der Waals surface area contributed by atoms with Gasteiger partial charge in [0.2, 0.25) is 0 Å². The predicted molar refractivity (Wildman–Crippen MR) is 106 cm³/mol. The highest BCUT2D eigenvalue weighted by Crippen LogP contribution is 2.29. The molecule has 3 rings (SSSR count). The van der Waals surface area contributed by atoms with Gasteiger partial charge in [-0.25, -0.2) is 0 Å². The molecule has 0 radical (unpaired) electrons. The standard InChI is InChI=1S/C19H25N5OS/c1-12-7-6-10-15(13(12)2)20-19(26)24-23-18(25)17-11-16(21-22-17)14-8-4-3-5-9-14/h3-5,8-9,11-13,15H,6-7,10H2,1-2H3,(H,21,22)(H,23,25)(H2,20,24,26)/t12-,13-,15+/m1/s1. The molecule has 1 heterocycles. The van der Waals surface area contributed by atoms with E-state index in [2.05, 4.69) is 40.2 Å². The average Bonchev–Trinajstić information content (AvgIpc) is 3.14. The first kappa shape index (κ1) is 18.4. The Balaban J connectivity index is 1.51.